The smallest absolute Gasteiger partial charge is 0.166 e. The fourth-order valence-electron chi connectivity index (χ4n) is 1.15. The highest BCUT2D eigenvalue weighted by molar-refractivity contribution is 14.1. The van der Waals surface area contributed by atoms with Gasteiger partial charge in [-0.1, -0.05) is 0 Å². The molecule has 0 atom stereocenters. The molecule has 14 heavy (non-hydrogen) atoms. The minimum atomic E-state index is -0.488. The van der Waals surface area contributed by atoms with Gasteiger partial charge in [-0.3, -0.25) is 4.79 Å². The van der Waals surface area contributed by atoms with Gasteiger partial charge in [0.25, 0.3) is 0 Å². The molecule has 0 unspecified atom stereocenters. The minimum Gasteiger partial charge on any atom is -0.490 e. The highest BCUT2D eigenvalue weighted by atomic mass is 127. The monoisotopic (exact) mass is 308 g/mol. The Balaban J connectivity index is 3.33. The van der Waals surface area contributed by atoms with Crippen molar-refractivity contribution in [3.05, 3.63) is 27.1 Å². The number of Topliss-reactive ketones (excluding diaryl/α,β-unsaturated/α-hetero) is 1. The molecule has 0 aliphatic heterocycles. The lowest BCUT2D eigenvalue weighted by molar-refractivity contribution is 0.101. The number of ether oxygens (including phenoxy) is 1. The highest BCUT2D eigenvalue weighted by Crippen LogP contribution is 2.27. The summed E-state index contributed by atoms with van der Waals surface area (Å²) in [6, 6.07) is 2.87. The topological polar surface area (TPSA) is 26.3 Å². The maximum absolute atomic E-state index is 13.3. The Labute approximate surface area is 95.6 Å². The van der Waals surface area contributed by atoms with Crippen LogP contribution in [0.15, 0.2) is 12.1 Å². The predicted octanol–water partition coefficient (Wildman–Crippen LogP) is 3.03. The average Bonchev–Trinajstić information content (AvgIpc) is 2.11. The molecule has 0 heterocycles. The third kappa shape index (κ3) is 2.23. The van der Waals surface area contributed by atoms with E-state index in [-0.39, 0.29) is 11.5 Å². The summed E-state index contributed by atoms with van der Waals surface area (Å²) in [5.74, 6) is -0.610. The van der Waals surface area contributed by atoms with Gasteiger partial charge in [-0.15, -0.1) is 0 Å². The third-order valence-corrected chi connectivity index (χ3v) is 2.60. The summed E-state index contributed by atoms with van der Waals surface area (Å²) in [6.07, 6.45) is 0. The van der Waals surface area contributed by atoms with Crippen LogP contribution in [0.1, 0.15) is 24.2 Å². The van der Waals surface area contributed by atoms with Crippen LogP contribution in [0.2, 0.25) is 0 Å². The van der Waals surface area contributed by atoms with Crippen LogP contribution in [0.4, 0.5) is 4.39 Å². The zero-order valence-electron chi connectivity index (χ0n) is 7.93. The van der Waals surface area contributed by atoms with Crippen LogP contribution >= 0.6 is 22.6 Å². The van der Waals surface area contributed by atoms with Crippen LogP contribution in [-0.4, -0.2) is 12.4 Å². The number of rotatable bonds is 3. The summed E-state index contributed by atoms with van der Waals surface area (Å²) in [5.41, 5.74) is 0.326. The Morgan fingerprint density at radius 3 is 2.71 bits per heavy atom. The van der Waals surface area contributed by atoms with Crippen LogP contribution in [0, 0.1) is 9.39 Å². The van der Waals surface area contributed by atoms with E-state index in [0.29, 0.717) is 15.7 Å². The molecule has 4 heteroatoms. The second-order valence-corrected chi connectivity index (χ2v) is 3.88. The first-order valence-electron chi connectivity index (χ1n) is 4.19. The quantitative estimate of drug-likeness (QED) is 0.634. The molecule has 0 aliphatic rings. The van der Waals surface area contributed by atoms with Gasteiger partial charge in [0.15, 0.2) is 17.3 Å². The Bertz CT molecular complexity index is 363. The van der Waals surface area contributed by atoms with Crippen LogP contribution in [0.25, 0.3) is 0 Å². The van der Waals surface area contributed by atoms with Crippen molar-refractivity contribution < 1.29 is 13.9 Å². The van der Waals surface area contributed by atoms with E-state index >= 15 is 0 Å². The van der Waals surface area contributed by atoms with Gasteiger partial charge in [-0.25, -0.2) is 4.39 Å². The first-order valence-corrected chi connectivity index (χ1v) is 5.27. The zero-order valence-corrected chi connectivity index (χ0v) is 10.1. The second-order valence-electron chi connectivity index (χ2n) is 2.72. The lowest BCUT2D eigenvalue weighted by atomic mass is 10.1. The van der Waals surface area contributed by atoms with Gasteiger partial charge in [0, 0.05) is 3.57 Å². The molecule has 0 amide bonds. The summed E-state index contributed by atoms with van der Waals surface area (Å²) < 4.78 is 19.1. The van der Waals surface area contributed by atoms with Crippen LogP contribution in [-0.2, 0) is 0 Å². The van der Waals surface area contributed by atoms with Crippen LogP contribution < -0.4 is 4.74 Å². The molecule has 0 spiro atoms. The summed E-state index contributed by atoms with van der Waals surface area (Å²) >= 11 is 1.99. The molecular formula is C10H10FIO2. The van der Waals surface area contributed by atoms with E-state index in [1.54, 1.807) is 13.0 Å². The molecule has 0 fully saturated rings. The van der Waals surface area contributed by atoms with Crippen LogP contribution in [0.3, 0.4) is 0 Å². The predicted molar refractivity (Wildman–Crippen MR) is 60.3 cm³/mol. The number of carbonyl (C=O) groups excluding carboxylic acids is 1. The summed E-state index contributed by atoms with van der Waals surface area (Å²) in [7, 11) is 0. The molecule has 0 N–H and O–H groups in total. The van der Waals surface area contributed by atoms with Gasteiger partial charge < -0.3 is 4.74 Å². The number of hydrogen-bond acceptors (Lipinski definition) is 2. The molecule has 0 aliphatic carbocycles. The van der Waals surface area contributed by atoms with Gasteiger partial charge in [0.2, 0.25) is 0 Å². The van der Waals surface area contributed by atoms with Gasteiger partial charge in [0.1, 0.15) is 0 Å². The van der Waals surface area contributed by atoms with E-state index in [1.165, 1.54) is 13.0 Å². The van der Waals surface area contributed by atoms with E-state index < -0.39 is 5.82 Å². The molecule has 0 radical (unpaired) electrons. The number of benzene rings is 1. The van der Waals surface area contributed by atoms with Crippen molar-refractivity contribution in [2.24, 2.45) is 0 Å². The Hall–Kier alpha value is -0.650. The molecule has 0 saturated carbocycles. The molecule has 76 valence electrons. The van der Waals surface area contributed by atoms with Gasteiger partial charge in [-0.05, 0) is 48.6 Å². The van der Waals surface area contributed by atoms with Crippen molar-refractivity contribution in [3.63, 3.8) is 0 Å². The van der Waals surface area contributed by atoms with E-state index in [2.05, 4.69) is 0 Å². The fourth-order valence-corrected chi connectivity index (χ4v) is 1.95. The van der Waals surface area contributed by atoms with Crippen LogP contribution in [0.5, 0.6) is 5.75 Å². The van der Waals surface area contributed by atoms with E-state index in [0.717, 1.165) is 0 Å². The van der Waals surface area contributed by atoms with E-state index in [1.807, 2.05) is 22.6 Å². The highest BCUT2D eigenvalue weighted by Gasteiger charge is 2.16. The maximum atomic E-state index is 13.3. The summed E-state index contributed by atoms with van der Waals surface area (Å²) in [6.45, 7) is 3.50. The maximum Gasteiger partial charge on any atom is 0.166 e. The lowest BCUT2D eigenvalue weighted by Gasteiger charge is -2.10. The van der Waals surface area contributed by atoms with Crippen molar-refractivity contribution >= 4 is 28.4 Å². The molecule has 0 bridgehead atoms. The van der Waals surface area contributed by atoms with Gasteiger partial charge in [0.05, 0.1) is 12.2 Å². The Kier molecular flexibility index (Phi) is 3.86. The molecule has 0 aromatic heterocycles. The zero-order chi connectivity index (χ0) is 10.7. The minimum absolute atomic E-state index is 0.0619. The molecule has 1 aromatic carbocycles. The number of halogens is 2. The molecular weight excluding hydrogens is 298 g/mol. The molecule has 1 rings (SSSR count). The molecule has 0 saturated heterocycles. The average molecular weight is 308 g/mol. The SMILES string of the molecule is CCOc1c(F)ccc(I)c1C(C)=O. The number of ketones is 1. The lowest BCUT2D eigenvalue weighted by Crippen LogP contribution is -2.05. The van der Waals surface area contributed by atoms with E-state index in [4.69, 9.17) is 4.74 Å². The summed E-state index contributed by atoms with van der Waals surface area (Å²) in [4.78, 5) is 11.3. The molecule has 2 nitrogen and oxygen atoms in total. The van der Waals surface area contributed by atoms with Crippen molar-refractivity contribution in [3.8, 4) is 5.75 Å². The standard InChI is InChI=1S/C10H10FIO2/c1-3-14-10-7(11)4-5-8(12)9(10)6(2)13/h4-5H,3H2,1-2H3. The molecule has 1 aromatic rings. The second kappa shape index (κ2) is 4.72. The van der Waals surface area contributed by atoms with E-state index in [9.17, 15) is 9.18 Å². The fraction of sp³-hybridized carbons (Fsp3) is 0.300. The normalized spacial score (nSPS) is 10.0. The van der Waals surface area contributed by atoms with Crippen molar-refractivity contribution in [2.75, 3.05) is 6.61 Å². The van der Waals surface area contributed by atoms with Gasteiger partial charge in [-0.2, -0.15) is 0 Å². The summed E-state index contributed by atoms with van der Waals surface area (Å²) in [5, 5.41) is 0. The third-order valence-electron chi connectivity index (χ3n) is 1.70. The number of hydrogen-bond donors (Lipinski definition) is 0. The van der Waals surface area contributed by atoms with Crippen molar-refractivity contribution in [1.82, 2.24) is 0 Å². The Morgan fingerprint density at radius 2 is 2.21 bits per heavy atom. The first-order chi connectivity index (χ1) is 6.57. The van der Waals surface area contributed by atoms with Crippen molar-refractivity contribution in [2.45, 2.75) is 13.8 Å². The number of carbonyl (C=O) groups is 1. The first kappa shape index (κ1) is 11.4. The largest absolute Gasteiger partial charge is 0.490 e. The van der Waals surface area contributed by atoms with Crippen molar-refractivity contribution in [1.29, 1.82) is 0 Å². The van der Waals surface area contributed by atoms with Gasteiger partial charge >= 0.3 is 0 Å². The Morgan fingerprint density at radius 1 is 1.57 bits per heavy atom.